The molecule has 0 bridgehead atoms. The number of aryl methyl sites for hydroxylation is 2. The molecule has 18 heavy (non-hydrogen) atoms. The van der Waals surface area contributed by atoms with Crippen LogP contribution in [0.15, 0.2) is 18.2 Å². The third-order valence-corrected chi connectivity index (χ3v) is 3.19. The fraction of sp³-hybridized carbons (Fsp3) is 0.600. The van der Waals surface area contributed by atoms with Gasteiger partial charge in [-0.2, -0.15) is 0 Å². The van der Waals surface area contributed by atoms with E-state index in [9.17, 15) is 5.11 Å². The number of aliphatic hydroxyl groups excluding tert-OH is 1. The topological polar surface area (TPSA) is 41.5 Å². The highest BCUT2D eigenvalue weighted by molar-refractivity contribution is 5.32. The van der Waals surface area contributed by atoms with Crippen molar-refractivity contribution < 1.29 is 9.84 Å². The lowest BCUT2D eigenvalue weighted by Crippen LogP contribution is -2.25. The molecule has 1 aromatic rings. The predicted octanol–water partition coefficient (Wildman–Crippen LogP) is 2.35. The van der Waals surface area contributed by atoms with Gasteiger partial charge in [0.25, 0.3) is 0 Å². The summed E-state index contributed by atoms with van der Waals surface area (Å²) in [5, 5.41) is 13.0. The minimum Gasteiger partial charge on any atom is -0.391 e. The van der Waals surface area contributed by atoms with Crippen LogP contribution < -0.4 is 5.32 Å². The molecule has 102 valence electrons. The highest BCUT2D eigenvalue weighted by atomic mass is 16.5. The molecule has 2 N–H and O–H groups in total. The van der Waals surface area contributed by atoms with Crippen LogP contribution in [0.25, 0.3) is 0 Å². The van der Waals surface area contributed by atoms with Crippen molar-refractivity contribution in [3.63, 3.8) is 0 Å². The van der Waals surface area contributed by atoms with Crippen molar-refractivity contribution in [2.24, 2.45) is 0 Å². The Morgan fingerprint density at radius 3 is 2.72 bits per heavy atom. The lowest BCUT2D eigenvalue weighted by Gasteiger charge is -2.18. The maximum absolute atomic E-state index is 9.57. The van der Waals surface area contributed by atoms with Crippen molar-refractivity contribution in [3.8, 4) is 0 Å². The summed E-state index contributed by atoms with van der Waals surface area (Å²) in [4.78, 5) is 0. The second kappa shape index (κ2) is 7.52. The molecule has 1 aromatic carbocycles. The summed E-state index contributed by atoms with van der Waals surface area (Å²) in [6.07, 6.45) is 0.330. The van der Waals surface area contributed by atoms with Crippen LogP contribution in [0, 0.1) is 13.8 Å². The van der Waals surface area contributed by atoms with Crippen molar-refractivity contribution in [3.05, 3.63) is 34.9 Å². The highest BCUT2D eigenvalue weighted by Crippen LogP contribution is 2.18. The first kappa shape index (κ1) is 15.2. The van der Waals surface area contributed by atoms with Crippen LogP contribution in [0.5, 0.6) is 0 Å². The molecule has 0 saturated carbocycles. The Morgan fingerprint density at radius 2 is 2.06 bits per heavy atom. The maximum Gasteiger partial charge on any atom is 0.0785 e. The molecule has 1 rings (SSSR count). The Hall–Kier alpha value is -0.900. The molecule has 0 heterocycles. The molecule has 0 aliphatic rings. The summed E-state index contributed by atoms with van der Waals surface area (Å²) in [7, 11) is 1.61. The largest absolute Gasteiger partial charge is 0.391 e. The Kier molecular flexibility index (Phi) is 6.33. The van der Waals surface area contributed by atoms with Gasteiger partial charge in [0, 0.05) is 13.2 Å². The smallest absolute Gasteiger partial charge is 0.0785 e. The number of hydrogen-bond acceptors (Lipinski definition) is 3. The Bertz CT molecular complexity index is 366. The molecule has 0 fully saturated rings. The first-order valence-electron chi connectivity index (χ1n) is 6.52. The van der Waals surface area contributed by atoms with Gasteiger partial charge < -0.3 is 15.2 Å². The molecular weight excluding hydrogens is 226 g/mol. The minimum absolute atomic E-state index is 0.305. The van der Waals surface area contributed by atoms with Crippen LogP contribution in [-0.2, 0) is 4.74 Å². The molecule has 2 unspecified atom stereocenters. The number of methoxy groups -OCH3 is 1. The SMILES string of the molecule is COCC(O)CCNC(C)c1cc(C)ccc1C. The van der Waals surface area contributed by atoms with E-state index in [2.05, 4.69) is 44.3 Å². The summed E-state index contributed by atoms with van der Waals surface area (Å²) in [5.74, 6) is 0. The monoisotopic (exact) mass is 251 g/mol. The van der Waals surface area contributed by atoms with Crippen molar-refractivity contribution in [2.75, 3.05) is 20.3 Å². The zero-order valence-electron chi connectivity index (χ0n) is 11.9. The zero-order valence-corrected chi connectivity index (χ0v) is 11.9. The molecule has 2 atom stereocenters. The standard InChI is InChI=1S/C15H25NO2/c1-11-5-6-12(2)15(9-11)13(3)16-8-7-14(17)10-18-4/h5-6,9,13-14,16-17H,7-8,10H2,1-4H3. The normalized spacial score (nSPS) is 14.5. The van der Waals surface area contributed by atoms with E-state index in [1.54, 1.807) is 7.11 Å². The number of hydrogen-bond donors (Lipinski definition) is 2. The molecule has 0 aromatic heterocycles. The van der Waals surface area contributed by atoms with Gasteiger partial charge in [0.05, 0.1) is 12.7 Å². The van der Waals surface area contributed by atoms with Crippen molar-refractivity contribution in [1.82, 2.24) is 5.32 Å². The van der Waals surface area contributed by atoms with E-state index in [1.165, 1.54) is 16.7 Å². The minimum atomic E-state index is -0.381. The Balaban J connectivity index is 2.45. The van der Waals surface area contributed by atoms with Gasteiger partial charge in [-0.25, -0.2) is 0 Å². The van der Waals surface area contributed by atoms with Crippen LogP contribution >= 0.6 is 0 Å². The average molecular weight is 251 g/mol. The van der Waals surface area contributed by atoms with Crippen LogP contribution in [0.4, 0.5) is 0 Å². The van der Waals surface area contributed by atoms with Crippen LogP contribution in [0.1, 0.15) is 36.1 Å². The van der Waals surface area contributed by atoms with Gasteiger partial charge >= 0.3 is 0 Å². The second-order valence-electron chi connectivity index (χ2n) is 4.93. The molecule has 0 aliphatic heterocycles. The van der Waals surface area contributed by atoms with Crippen LogP contribution in [0.2, 0.25) is 0 Å². The summed E-state index contributed by atoms with van der Waals surface area (Å²) < 4.78 is 4.90. The van der Waals surface area contributed by atoms with Crippen molar-refractivity contribution in [2.45, 2.75) is 39.3 Å². The molecule has 0 aliphatic carbocycles. The van der Waals surface area contributed by atoms with Gasteiger partial charge in [0.15, 0.2) is 0 Å². The summed E-state index contributed by atoms with van der Waals surface area (Å²) in [6.45, 7) is 7.59. The third kappa shape index (κ3) is 4.77. The van der Waals surface area contributed by atoms with Gasteiger partial charge in [-0.15, -0.1) is 0 Å². The summed E-state index contributed by atoms with van der Waals surface area (Å²) >= 11 is 0. The summed E-state index contributed by atoms with van der Waals surface area (Å²) in [5.41, 5.74) is 3.91. The molecule has 0 radical (unpaired) electrons. The first-order chi connectivity index (χ1) is 8.54. The fourth-order valence-electron chi connectivity index (χ4n) is 2.08. The van der Waals surface area contributed by atoms with E-state index in [1.807, 2.05) is 0 Å². The molecule has 0 amide bonds. The average Bonchev–Trinajstić information content (AvgIpc) is 2.32. The molecular formula is C15H25NO2. The van der Waals surface area contributed by atoms with E-state index in [-0.39, 0.29) is 6.10 Å². The van der Waals surface area contributed by atoms with Gasteiger partial charge in [-0.05, 0) is 44.9 Å². The van der Waals surface area contributed by atoms with E-state index < -0.39 is 0 Å². The highest BCUT2D eigenvalue weighted by Gasteiger charge is 2.09. The molecule has 0 saturated heterocycles. The third-order valence-electron chi connectivity index (χ3n) is 3.19. The van der Waals surface area contributed by atoms with E-state index >= 15 is 0 Å². The predicted molar refractivity (Wildman–Crippen MR) is 74.8 cm³/mol. The van der Waals surface area contributed by atoms with Gasteiger partial charge in [0.2, 0.25) is 0 Å². The van der Waals surface area contributed by atoms with Crippen molar-refractivity contribution >= 4 is 0 Å². The van der Waals surface area contributed by atoms with Crippen LogP contribution in [0.3, 0.4) is 0 Å². The van der Waals surface area contributed by atoms with E-state index in [4.69, 9.17) is 4.74 Å². The Morgan fingerprint density at radius 1 is 1.33 bits per heavy atom. The first-order valence-corrected chi connectivity index (χ1v) is 6.52. The van der Waals surface area contributed by atoms with Gasteiger partial charge in [-0.3, -0.25) is 0 Å². The number of benzene rings is 1. The van der Waals surface area contributed by atoms with Gasteiger partial charge in [0.1, 0.15) is 0 Å². The van der Waals surface area contributed by atoms with Crippen LogP contribution in [-0.4, -0.2) is 31.5 Å². The second-order valence-corrected chi connectivity index (χ2v) is 4.93. The molecule has 0 spiro atoms. The molecule has 3 nitrogen and oxygen atoms in total. The van der Waals surface area contributed by atoms with E-state index in [0.717, 1.165) is 6.54 Å². The van der Waals surface area contributed by atoms with Crippen molar-refractivity contribution in [1.29, 1.82) is 0 Å². The zero-order chi connectivity index (χ0) is 13.5. The Labute approximate surface area is 110 Å². The maximum atomic E-state index is 9.57. The quantitative estimate of drug-likeness (QED) is 0.781. The lowest BCUT2D eigenvalue weighted by molar-refractivity contribution is 0.0590. The van der Waals surface area contributed by atoms with E-state index in [0.29, 0.717) is 19.1 Å². The number of rotatable bonds is 7. The lowest BCUT2D eigenvalue weighted by atomic mass is 10.00. The number of aliphatic hydroxyl groups is 1. The van der Waals surface area contributed by atoms with Gasteiger partial charge in [-0.1, -0.05) is 23.8 Å². The number of nitrogens with one attached hydrogen (secondary N) is 1. The molecule has 3 heteroatoms. The fourth-order valence-corrected chi connectivity index (χ4v) is 2.08. The number of ether oxygens (including phenoxy) is 1. The summed E-state index contributed by atoms with van der Waals surface area (Å²) in [6, 6.07) is 6.81.